The molecule has 21 heavy (non-hydrogen) atoms. The number of allylic oxidation sites excluding steroid dienone is 2. The summed E-state index contributed by atoms with van der Waals surface area (Å²) in [4.78, 5) is 27.2. The fourth-order valence-corrected chi connectivity index (χ4v) is 3.51. The van der Waals surface area contributed by atoms with Gasteiger partial charge in [-0.1, -0.05) is 30.3 Å². The molecule has 2 aliphatic rings. The summed E-state index contributed by atoms with van der Waals surface area (Å²) in [5.41, 5.74) is 2.66. The summed E-state index contributed by atoms with van der Waals surface area (Å²) in [6.45, 7) is 0.935. The van der Waals surface area contributed by atoms with Gasteiger partial charge in [0.2, 0.25) is 0 Å². The van der Waals surface area contributed by atoms with Gasteiger partial charge >= 0.3 is 0 Å². The Bertz CT molecular complexity index is 588. The first-order valence-electron chi connectivity index (χ1n) is 7.75. The Hall–Kier alpha value is -1.90. The van der Waals surface area contributed by atoms with Crippen molar-refractivity contribution in [3.05, 3.63) is 47.2 Å². The van der Waals surface area contributed by atoms with Gasteiger partial charge < -0.3 is 4.90 Å². The van der Waals surface area contributed by atoms with E-state index in [0.29, 0.717) is 12.8 Å². The lowest BCUT2D eigenvalue weighted by molar-refractivity contribution is -0.116. The van der Waals surface area contributed by atoms with Gasteiger partial charge in [0.1, 0.15) is 0 Å². The first-order chi connectivity index (χ1) is 10.2. The maximum absolute atomic E-state index is 12.8. The Labute approximate surface area is 125 Å². The highest BCUT2D eigenvalue weighted by Gasteiger charge is 2.35. The topological polar surface area (TPSA) is 37.4 Å². The molecule has 0 bridgehead atoms. The molecular formula is C18H21NO2. The van der Waals surface area contributed by atoms with Crippen LogP contribution in [0.25, 0.3) is 0 Å². The zero-order valence-electron chi connectivity index (χ0n) is 12.5. The number of ketones is 2. The van der Waals surface area contributed by atoms with Gasteiger partial charge in [0, 0.05) is 36.8 Å². The smallest absolute Gasteiger partial charge is 0.171 e. The van der Waals surface area contributed by atoms with Crippen molar-refractivity contribution in [3.63, 3.8) is 0 Å². The van der Waals surface area contributed by atoms with Gasteiger partial charge in [-0.25, -0.2) is 0 Å². The van der Waals surface area contributed by atoms with Crippen molar-refractivity contribution >= 4 is 11.6 Å². The lowest BCUT2D eigenvalue weighted by atomic mass is 9.80. The van der Waals surface area contributed by atoms with Crippen LogP contribution >= 0.6 is 0 Å². The Morgan fingerprint density at radius 3 is 2.67 bits per heavy atom. The minimum atomic E-state index is -0.150. The lowest BCUT2D eigenvalue weighted by Gasteiger charge is -2.32. The molecule has 0 amide bonds. The molecule has 0 fully saturated rings. The first kappa shape index (κ1) is 14.1. The molecule has 1 heterocycles. The third kappa shape index (κ3) is 2.65. The number of carbonyl (C=O) groups excluding carboxylic acids is 2. The molecule has 1 atom stereocenters. The molecule has 1 aliphatic heterocycles. The Balaban J connectivity index is 2.00. The molecule has 0 spiro atoms. The lowest BCUT2D eigenvalue weighted by Crippen LogP contribution is -2.34. The number of Topliss-reactive ketones (excluding diaryl/α,β-unsaturated/α-hetero) is 2. The van der Waals surface area contributed by atoms with Crippen molar-refractivity contribution in [1.82, 2.24) is 4.90 Å². The van der Waals surface area contributed by atoms with E-state index in [1.807, 2.05) is 37.4 Å². The molecule has 1 aliphatic carbocycles. The van der Waals surface area contributed by atoms with Crippen LogP contribution in [-0.4, -0.2) is 30.1 Å². The predicted octanol–water partition coefficient (Wildman–Crippen LogP) is 3.22. The number of carbonyl (C=O) groups is 2. The van der Waals surface area contributed by atoms with Crippen molar-refractivity contribution in [2.75, 3.05) is 13.6 Å². The molecule has 0 aromatic heterocycles. The molecule has 1 aromatic rings. The van der Waals surface area contributed by atoms with E-state index in [4.69, 9.17) is 0 Å². The Kier molecular flexibility index (Phi) is 3.91. The second kappa shape index (κ2) is 5.84. The van der Waals surface area contributed by atoms with Crippen molar-refractivity contribution in [2.45, 2.75) is 32.1 Å². The molecule has 1 aromatic carbocycles. The van der Waals surface area contributed by atoms with Crippen LogP contribution in [0.5, 0.6) is 0 Å². The van der Waals surface area contributed by atoms with E-state index in [1.54, 1.807) is 0 Å². The van der Waals surface area contributed by atoms with Gasteiger partial charge in [-0.05, 0) is 25.7 Å². The molecule has 110 valence electrons. The molecular weight excluding hydrogens is 262 g/mol. The fourth-order valence-electron chi connectivity index (χ4n) is 3.51. The Morgan fingerprint density at radius 2 is 1.90 bits per heavy atom. The van der Waals surface area contributed by atoms with Gasteiger partial charge in [-0.15, -0.1) is 0 Å². The third-order valence-electron chi connectivity index (χ3n) is 4.59. The SMILES string of the molecule is CN1CCCCC2=C1C(C(=O)c1ccccc1)CCC2=O. The van der Waals surface area contributed by atoms with Crippen molar-refractivity contribution in [3.8, 4) is 0 Å². The monoisotopic (exact) mass is 283 g/mol. The van der Waals surface area contributed by atoms with E-state index in [2.05, 4.69) is 4.90 Å². The normalized spacial score (nSPS) is 22.8. The van der Waals surface area contributed by atoms with Gasteiger partial charge in [0.05, 0.1) is 5.92 Å². The highest BCUT2D eigenvalue weighted by molar-refractivity contribution is 6.04. The summed E-state index contributed by atoms with van der Waals surface area (Å²) in [5.74, 6) is 0.253. The van der Waals surface area contributed by atoms with Crippen LogP contribution in [0.3, 0.4) is 0 Å². The van der Waals surface area contributed by atoms with E-state index >= 15 is 0 Å². The van der Waals surface area contributed by atoms with Gasteiger partial charge in [0.25, 0.3) is 0 Å². The molecule has 0 N–H and O–H groups in total. The highest BCUT2D eigenvalue weighted by Crippen LogP contribution is 2.36. The van der Waals surface area contributed by atoms with Crippen LogP contribution in [-0.2, 0) is 4.79 Å². The summed E-state index contributed by atoms with van der Waals surface area (Å²) in [5, 5.41) is 0. The number of hydrogen-bond acceptors (Lipinski definition) is 3. The van der Waals surface area contributed by atoms with Crippen molar-refractivity contribution in [1.29, 1.82) is 0 Å². The maximum atomic E-state index is 12.8. The van der Waals surface area contributed by atoms with Crippen LogP contribution in [0.1, 0.15) is 42.5 Å². The molecule has 3 heteroatoms. The van der Waals surface area contributed by atoms with Gasteiger partial charge in [-0.3, -0.25) is 9.59 Å². The minimum absolute atomic E-state index is 0.150. The van der Waals surface area contributed by atoms with Gasteiger partial charge in [-0.2, -0.15) is 0 Å². The average Bonchev–Trinajstić information content (AvgIpc) is 2.71. The standard InChI is InChI=1S/C18H21NO2/c1-19-12-6-5-9-14-16(20)11-10-15(17(14)19)18(21)13-7-3-2-4-8-13/h2-4,7-8,15H,5-6,9-12H2,1H3. The first-order valence-corrected chi connectivity index (χ1v) is 7.75. The van der Waals surface area contributed by atoms with E-state index in [0.717, 1.165) is 42.6 Å². The molecule has 3 rings (SSSR count). The third-order valence-corrected chi connectivity index (χ3v) is 4.59. The predicted molar refractivity (Wildman–Crippen MR) is 82.0 cm³/mol. The van der Waals surface area contributed by atoms with Crippen LogP contribution in [0.4, 0.5) is 0 Å². The summed E-state index contributed by atoms with van der Waals surface area (Å²) in [6.07, 6.45) is 4.12. The molecule has 3 nitrogen and oxygen atoms in total. The number of benzene rings is 1. The Morgan fingerprint density at radius 1 is 1.14 bits per heavy atom. The summed E-state index contributed by atoms with van der Waals surface area (Å²) < 4.78 is 0. The largest absolute Gasteiger partial charge is 0.377 e. The van der Waals surface area contributed by atoms with Crippen molar-refractivity contribution < 1.29 is 9.59 Å². The van der Waals surface area contributed by atoms with Crippen LogP contribution < -0.4 is 0 Å². The summed E-state index contributed by atoms with van der Waals surface area (Å²) >= 11 is 0. The quantitative estimate of drug-likeness (QED) is 0.782. The van der Waals surface area contributed by atoms with Crippen LogP contribution in [0.15, 0.2) is 41.6 Å². The fraction of sp³-hybridized carbons (Fsp3) is 0.444. The number of hydrogen-bond donors (Lipinski definition) is 0. The number of nitrogens with zero attached hydrogens (tertiary/aromatic N) is 1. The van der Waals surface area contributed by atoms with E-state index in [1.165, 1.54) is 0 Å². The maximum Gasteiger partial charge on any atom is 0.171 e. The van der Waals surface area contributed by atoms with Gasteiger partial charge in [0.15, 0.2) is 11.6 Å². The number of rotatable bonds is 2. The average molecular weight is 283 g/mol. The van der Waals surface area contributed by atoms with E-state index in [-0.39, 0.29) is 17.5 Å². The second-order valence-corrected chi connectivity index (χ2v) is 5.99. The van der Waals surface area contributed by atoms with Crippen LogP contribution in [0.2, 0.25) is 0 Å². The second-order valence-electron chi connectivity index (χ2n) is 5.99. The van der Waals surface area contributed by atoms with Crippen LogP contribution in [0, 0.1) is 5.92 Å². The van der Waals surface area contributed by atoms with Crippen molar-refractivity contribution in [2.24, 2.45) is 5.92 Å². The van der Waals surface area contributed by atoms with E-state index in [9.17, 15) is 9.59 Å². The molecule has 0 radical (unpaired) electrons. The highest BCUT2D eigenvalue weighted by atomic mass is 16.1. The minimum Gasteiger partial charge on any atom is -0.377 e. The van der Waals surface area contributed by atoms with E-state index < -0.39 is 0 Å². The summed E-state index contributed by atoms with van der Waals surface area (Å²) in [7, 11) is 2.02. The zero-order chi connectivity index (χ0) is 14.8. The zero-order valence-corrected chi connectivity index (χ0v) is 12.5. The molecule has 0 saturated heterocycles. The summed E-state index contributed by atoms with van der Waals surface area (Å²) in [6, 6.07) is 9.45. The molecule has 0 saturated carbocycles. The molecule has 1 unspecified atom stereocenters.